The van der Waals surface area contributed by atoms with Gasteiger partial charge < -0.3 is 19.3 Å². The highest BCUT2D eigenvalue weighted by Gasteiger charge is 2.31. The third-order valence-corrected chi connectivity index (χ3v) is 3.92. The van der Waals surface area contributed by atoms with Crippen molar-refractivity contribution < 1.29 is 28.2 Å². The first kappa shape index (κ1) is 25.1. The van der Waals surface area contributed by atoms with Crippen molar-refractivity contribution in [3.8, 4) is 5.75 Å². The highest BCUT2D eigenvalue weighted by molar-refractivity contribution is 6.07. The van der Waals surface area contributed by atoms with E-state index in [2.05, 4.69) is 0 Å². The van der Waals surface area contributed by atoms with Crippen LogP contribution in [0.2, 0.25) is 0 Å². The molecule has 166 valence electrons. The topological polar surface area (TPSA) is 76.2 Å². The van der Waals surface area contributed by atoms with Crippen LogP contribution in [0.1, 0.15) is 32.8 Å². The zero-order valence-corrected chi connectivity index (χ0v) is 18.5. The number of amides is 1. The number of hydrogen-bond acceptors (Lipinski definition) is 6. The van der Waals surface area contributed by atoms with Crippen LogP contribution in [-0.4, -0.2) is 67.5 Å². The van der Waals surface area contributed by atoms with Crippen molar-refractivity contribution in [3.05, 3.63) is 41.6 Å². The van der Waals surface area contributed by atoms with Crippen LogP contribution in [0.3, 0.4) is 0 Å². The molecule has 1 saturated heterocycles. The number of alkyl halides is 1. The van der Waals surface area contributed by atoms with Gasteiger partial charge in [-0.15, -0.1) is 0 Å². The summed E-state index contributed by atoms with van der Waals surface area (Å²) in [5, 5.41) is 0. The molecule has 0 radical (unpaired) electrons. The zero-order valence-electron chi connectivity index (χ0n) is 18.5. The summed E-state index contributed by atoms with van der Waals surface area (Å²) in [6, 6.07) is 7.45. The summed E-state index contributed by atoms with van der Waals surface area (Å²) in [5.74, 6) is -0.211. The fourth-order valence-corrected chi connectivity index (χ4v) is 2.56. The van der Waals surface area contributed by atoms with Gasteiger partial charge in [-0.3, -0.25) is 9.59 Å². The third kappa shape index (κ3) is 8.63. The molecule has 1 aromatic carbocycles. The van der Waals surface area contributed by atoms with Crippen LogP contribution in [0.25, 0.3) is 0 Å². The molecule has 0 aliphatic carbocycles. The van der Waals surface area contributed by atoms with Crippen LogP contribution in [0.4, 0.5) is 4.39 Å². The largest absolute Gasteiger partial charge is 0.497 e. The number of methoxy groups -OCH3 is 1. The van der Waals surface area contributed by atoms with Gasteiger partial charge in [0.1, 0.15) is 16.9 Å². The lowest BCUT2D eigenvalue weighted by Gasteiger charge is -2.19. The summed E-state index contributed by atoms with van der Waals surface area (Å²) in [6.07, 6.45) is 0.933. The lowest BCUT2D eigenvalue weighted by molar-refractivity contribution is -0.150. The fraction of sp³-hybridized carbons (Fsp3) is 0.500. The molecule has 7 nitrogen and oxygen atoms in total. The van der Waals surface area contributed by atoms with E-state index in [1.807, 2.05) is 24.3 Å². The van der Waals surface area contributed by atoms with Gasteiger partial charge in [0.25, 0.3) is 5.91 Å². The van der Waals surface area contributed by atoms with Crippen LogP contribution < -0.4 is 4.74 Å². The second-order valence-corrected chi connectivity index (χ2v) is 8.03. The van der Waals surface area contributed by atoms with E-state index in [1.165, 1.54) is 6.20 Å². The first-order valence-corrected chi connectivity index (χ1v) is 9.59. The van der Waals surface area contributed by atoms with E-state index in [0.717, 1.165) is 11.3 Å². The van der Waals surface area contributed by atoms with E-state index < -0.39 is 23.6 Å². The van der Waals surface area contributed by atoms with Gasteiger partial charge in [-0.05, 0) is 38.5 Å². The SMILES string of the molecule is CN(C)/C=C(/C=O)C(=O)OC(C)(C)C.COc1ccc(CN2CCC(F)C2=O)cc1. The Morgan fingerprint density at radius 1 is 1.27 bits per heavy atom. The minimum absolute atomic E-state index is 0.0184. The number of benzene rings is 1. The number of carbonyl (C=O) groups is 3. The molecule has 1 amide bonds. The highest BCUT2D eigenvalue weighted by Crippen LogP contribution is 2.19. The Morgan fingerprint density at radius 3 is 2.27 bits per heavy atom. The Hall–Kier alpha value is -2.90. The molecule has 0 spiro atoms. The molecule has 0 N–H and O–H groups in total. The normalized spacial score (nSPS) is 16.5. The third-order valence-electron chi connectivity index (χ3n) is 3.92. The van der Waals surface area contributed by atoms with Crippen LogP contribution >= 0.6 is 0 Å². The monoisotopic (exact) mass is 422 g/mol. The Labute approximate surface area is 177 Å². The van der Waals surface area contributed by atoms with Crippen LogP contribution in [0, 0.1) is 0 Å². The van der Waals surface area contributed by atoms with Gasteiger partial charge in [-0.1, -0.05) is 12.1 Å². The summed E-state index contributed by atoms with van der Waals surface area (Å²) in [4.78, 5) is 36.5. The Morgan fingerprint density at radius 2 is 1.87 bits per heavy atom. The van der Waals surface area contributed by atoms with Gasteiger partial charge in [0.15, 0.2) is 12.5 Å². The fourth-order valence-electron chi connectivity index (χ4n) is 2.56. The number of rotatable bonds is 6. The van der Waals surface area contributed by atoms with Gasteiger partial charge in [0.2, 0.25) is 0 Å². The van der Waals surface area contributed by atoms with Gasteiger partial charge in [-0.2, -0.15) is 0 Å². The molecular formula is C22H31FN2O5. The standard InChI is InChI=1S/C12H14FNO2.C10H17NO3/c1-16-10-4-2-9(3-5-10)8-14-7-6-11(13)12(14)15;1-10(2,3)14-9(13)8(7-12)6-11(4)5/h2-5,11H,6-8H2,1H3;6-7H,1-5H3/b;8-6-. The quantitative estimate of drug-likeness (QED) is 0.231. The Balaban J connectivity index is 0.000000304. The Bertz CT molecular complexity index is 754. The maximum atomic E-state index is 13.0. The second kappa shape index (κ2) is 11.3. The minimum atomic E-state index is -1.31. The smallest absolute Gasteiger partial charge is 0.343 e. The molecule has 2 rings (SSSR count). The van der Waals surface area contributed by atoms with Crippen molar-refractivity contribution >= 4 is 18.2 Å². The van der Waals surface area contributed by atoms with Crippen molar-refractivity contribution in [2.45, 2.75) is 45.5 Å². The molecule has 1 fully saturated rings. The molecule has 1 aliphatic rings. The predicted molar refractivity (Wildman–Crippen MR) is 112 cm³/mol. The average Bonchev–Trinajstić information content (AvgIpc) is 2.97. The van der Waals surface area contributed by atoms with Crippen molar-refractivity contribution in [2.24, 2.45) is 0 Å². The average molecular weight is 422 g/mol. The molecule has 1 atom stereocenters. The predicted octanol–water partition coefficient (Wildman–Crippen LogP) is 2.74. The van der Waals surface area contributed by atoms with Gasteiger partial charge in [-0.25, -0.2) is 9.18 Å². The number of esters is 1. The highest BCUT2D eigenvalue weighted by atomic mass is 19.1. The molecule has 1 aliphatic heterocycles. The molecule has 1 aromatic rings. The van der Waals surface area contributed by atoms with E-state index in [-0.39, 0.29) is 5.57 Å². The van der Waals surface area contributed by atoms with Crippen molar-refractivity contribution in [1.82, 2.24) is 9.80 Å². The lowest BCUT2D eigenvalue weighted by atomic mass is 10.2. The number of hydrogen-bond donors (Lipinski definition) is 0. The summed E-state index contributed by atoms with van der Waals surface area (Å²) >= 11 is 0. The first-order chi connectivity index (χ1) is 14.0. The van der Waals surface area contributed by atoms with E-state index >= 15 is 0 Å². The number of nitrogens with zero attached hydrogens (tertiary/aromatic N) is 2. The van der Waals surface area contributed by atoms with Crippen LogP contribution in [-0.2, 0) is 25.7 Å². The van der Waals surface area contributed by atoms with Crippen LogP contribution in [0.15, 0.2) is 36.0 Å². The second-order valence-electron chi connectivity index (χ2n) is 8.03. The van der Waals surface area contributed by atoms with Gasteiger partial charge in [0, 0.05) is 39.8 Å². The molecule has 0 saturated carbocycles. The number of ether oxygens (including phenoxy) is 2. The van der Waals surface area contributed by atoms with Crippen molar-refractivity contribution in [2.75, 3.05) is 27.7 Å². The molecule has 0 aromatic heterocycles. The molecule has 8 heteroatoms. The number of likely N-dealkylation sites (tertiary alicyclic amines) is 1. The van der Waals surface area contributed by atoms with E-state index in [1.54, 1.807) is 51.8 Å². The van der Waals surface area contributed by atoms with Crippen molar-refractivity contribution in [1.29, 1.82) is 0 Å². The number of halogens is 1. The summed E-state index contributed by atoms with van der Waals surface area (Å²) in [6.45, 7) is 6.24. The molecule has 30 heavy (non-hydrogen) atoms. The van der Waals surface area contributed by atoms with E-state index in [4.69, 9.17) is 9.47 Å². The number of carbonyl (C=O) groups excluding carboxylic acids is 3. The molecule has 0 bridgehead atoms. The molecule has 1 unspecified atom stereocenters. The maximum Gasteiger partial charge on any atom is 0.343 e. The van der Waals surface area contributed by atoms with Crippen molar-refractivity contribution in [3.63, 3.8) is 0 Å². The Kier molecular flexibility index (Phi) is 9.49. The molecule has 1 heterocycles. The van der Waals surface area contributed by atoms with E-state index in [9.17, 15) is 18.8 Å². The maximum absolute atomic E-state index is 13.0. The van der Waals surface area contributed by atoms with Crippen LogP contribution in [0.5, 0.6) is 5.75 Å². The minimum Gasteiger partial charge on any atom is -0.497 e. The van der Waals surface area contributed by atoms with E-state index in [0.29, 0.717) is 25.8 Å². The van der Waals surface area contributed by atoms with Gasteiger partial charge in [0.05, 0.1) is 7.11 Å². The summed E-state index contributed by atoms with van der Waals surface area (Å²) in [7, 11) is 5.06. The first-order valence-electron chi connectivity index (χ1n) is 9.59. The van der Waals surface area contributed by atoms with Gasteiger partial charge >= 0.3 is 5.97 Å². The summed E-state index contributed by atoms with van der Waals surface area (Å²) in [5.41, 5.74) is 0.430. The molecular weight excluding hydrogens is 391 g/mol. The zero-order chi connectivity index (χ0) is 22.9. The summed E-state index contributed by atoms with van der Waals surface area (Å²) < 4.78 is 23.0. The number of aldehydes is 1. The lowest BCUT2D eigenvalue weighted by Crippen LogP contribution is -2.27.